The van der Waals surface area contributed by atoms with Crippen LogP contribution in [0, 0.1) is 5.82 Å². The molecule has 0 saturated carbocycles. The molecule has 7 heteroatoms. The topological polar surface area (TPSA) is 61.2 Å². The van der Waals surface area contributed by atoms with Crippen LogP contribution in [0.4, 0.5) is 4.39 Å². The van der Waals surface area contributed by atoms with Crippen molar-refractivity contribution in [3.63, 3.8) is 0 Å². The van der Waals surface area contributed by atoms with Crippen LogP contribution < -0.4 is 5.56 Å². The van der Waals surface area contributed by atoms with Gasteiger partial charge in [-0.05, 0) is 29.7 Å². The minimum Gasteiger partial charge on any atom is -0.469 e. The van der Waals surface area contributed by atoms with Crippen molar-refractivity contribution < 1.29 is 13.9 Å². The highest BCUT2D eigenvalue weighted by Crippen LogP contribution is 2.31. The SMILES string of the molecule is COC(=O)CCCn1c(Cc2ccccc2F)nc2sc(-c3ccccc3)cc2c1=O. The monoisotopic (exact) mass is 436 g/mol. The van der Waals surface area contributed by atoms with Gasteiger partial charge in [0.25, 0.3) is 5.56 Å². The van der Waals surface area contributed by atoms with Gasteiger partial charge in [-0.3, -0.25) is 14.2 Å². The van der Waals surface area contributed by atoms with Crippen molar-refractivity contribution in [3.05, 3.63) is 88.2 Å². The number of aromatic nitrogens is 2. The summed E-state index contributed by atoms with van der Waals surface area (Å²) in [6, 6.07) is 18.1. The van der Waals surface area contributed by atoms with E-state index in [2.05, 4.69) is 0 Å². The Labute approximate surface area is 182 Å². The number of hydrogen-bond acceptors (Lipinski definition) is 5. The summed E-state index contributed by atoms with van der Waals surface area (Å²) in [5.74, 6) is -0.192. The van der Waals surface area contributed by atoms with E-state index in [1.807, 2.05) is 36.4 Å². The van der Waals surface area contributed by atoms with Crippen LogP contribution in [-0.2, 0) is 22.5 Å². The maximum absolute atomic E-state index is 14.3. The van der Waals surface area contributed by atoms with Gasteiger partial charge in [0.15, 0.2) is 0 Å². The highest BCUT2D eigenvalue weighted by molar-refractivity contribution is 7.21. The molecule has 0 atom stereocenters. The van der Waals surface area contributed by atoms with E-state index in [1.165, 1.54) is 24.5 Å². The van der Waals surface area contributed by atoms with E-state index >= 15 is 0 Å². The molecule has 0 aliphatic heterocycles. The minimum atomic E-state index is -0.339. The number of carbonyl (C=O) groups is 1. The Bertz CT molecular complexity index is 1280. The third-order valence-electron chi connectivity index (χ3n) is 5.09. The zero-order valence-electron chi connectivity index (χ0n) is 17.0. The predicted molar refractivity (Wildman–Crippen MR) is 120 cm³/mol. The van der Waals surface area contributed by atoms with Crippen molar-refractivity contribution in [2.24, 2.45) is 0 Å². The second kappa shape index (κ2) is 9.22. The van der Waals surface area contributed by atoms with Crippen molar-refractivity contribution in [2.45, 2.75) is 25.8 Å². The largest absolute Gasteiger partial charge is 0.469 e. The first-order valence-corrected chi connectivity index (χ1v) is 10.8. The first kappa shape index (κ1) is 20.9. The number of halogens is 1. The summed E-state index contributed by atoms with van der Waals surface area (Å²) in [5, 5.41) is 0.527. The summed E-state index contributed by atoms with van der Waals surface area (Å²) < 4.78 is 20.5. The molecule has 2 aromatic heterocycles. The van der Waals surface area contributed by atoms with Gasteiger partial charge in [0.1, 0.15) is 16.5 Å². The molecule has 2 aromatic carbocycles. The number of nitrogens with zero attached hydrogens (tertiary/aromatic N) is 2. The lowest BCUT2D eigenvalue weighted by atomic mass is 10.1. The van der Waals surface area contributed by atoms with Crippen molar-refractivity contribution in [2.75, 3.05) is 7.11 Å². The fraction of sp³-hybridized carbons (Fsp3) is 0.208. The van der Waals surface area contributed by atoms with Crippen LogP contribution in [0.15, 0.2) is 65.5 Å². The fourth-order valence-corrected chi connectivity index (χ4v) is 4.51. The minimum absolute atomic E-state index is 0.181. The number of ether oxygens (including phenoxy) is 1. The maximum atomic E-state index is 14.3. The second-order valence-corrected chi connectivity index (χ2v) is 8.16. The van der Waals surface area contributed by atoms with Crippen LogP contribution in [0.1, 0.15) is 24.2 Å². The zero-order valence-corrected chi connectivity index (χ0v) is 17.8. The van der Waals surface area contributed by atoms with Crippen LogP contribution in [0.2, 0.25) is 0 Å². The van der Waals surface area contributed by atoms with Gasteiger partial charge >= 0.3 is 5.97 Å². The standard InChI is InChI=1S/C24H21FN2O3S/c1-30-22(28)12-7-13-27-21(14-17-10-5-6-11-19(17)25)26-23-18(24(27)29)15-20(31-23)16-8-3-2-4-9-16/h2-6,8-11,15H,7,12-14H2,1H3. The Hall–Kier alpha value is -3.32. The van der Waals surface area contributed by atoms with Crippen LogP contribution in [0.25, 0.3) is 20.7 Å². The molecule has 4 rings (SSSR count). The van der Waals surface area contributed by atoms with Crippen LogP contribution in [0.5, 0.6) is 0 Å². The van der Waals surface area contributed by atoms with E-state index in [-0.39, 0.29) is 30.2 Å². The molecule has 5 nitrogen and oxygen atoms in total. The molecule has 0 spiro atoms. The molecule has 0 amide bonds. The highest BCUT2D eigenvalue weighted by atomic mass is 32.1. The molecule has 31 heavy (non-hydrogen) atoms. The number of benzene rings is 2. The van der Waals surface area contributed by atoms with Gasteiger partial charge in [-0.15, -0.1) is 11.3 Å². The third kappa shape index (κ3) is 4.56. The van der Waals surface area contributed by atoms with Crippen molar-refractivity contribution in [1.82, 2.24) is 9.55 Å². The van der Waals surface area contributed by atoms with Gasteiger partial charge < -0.3 is 4.74 Å². The summed E-state index contributed by atoms with van der Waals surface area (Å²) in [6.07, 6.45) is 0.813. The average molecular weight is 437 g/mol. The zero-order chi connectivity index (χ0) is 21.8. The molecule has 4 aromatic rings. The molecule has 2 heterocycles. The van der Waals surface area contributed by atoms with E-state index in [0.717, 1.165) is 10.4 Å². The number of rotatable bonds is 7. The Morgan fingerprint density at radius 3 is 2.61 bits per heavy atom. The van der Waals surface area contributed by atoms with Crippen LogP contribution in [-0.4, -0.2) is 22.6 Å². The van der Waals surface area contributed by atoms with Gasteiger partial charge in [0, 0.05) is 24.3 Å². The molecular formula is C24H21FN2O3S. The molecule has 0 N–H and O–H groups in total. The van der Waals surface area contributed by atoms with Crippen LogP contribution in [0.3, 0.4) is 0 Å². The predicted octanol–water partition coefficient (Wildman–Crippen LogP) is 4.81. The molecular weight excluding hydrogens is 415 g/mol. The number of hydrogen-bond donors (Lipinski definition) is 0. The number of esters is 1. The Morgan fingerprint density at radius 1 is 1.13 bits per heavy atom. The average Bonchev–Trinajstić information content (AvgIpc) is 3.22. The van der Waals surface area contributed by atoms with E-state index < -0.39 is 0 Å². The molecule has 0 saturated heterocycles. The quantitative estimate of drug-likeness (QED) is 0.390. The first-order chi connectivity index (χ1) is 15.1. The molecule has 0 aliphatic rings. The van der Waals surface area contributed by atoms with Crippen molar-refractivity contribution in [1.29, 1.82) is 0 Å². The van der Waals surface area contributed by atoms with E-state index in [0.29, 0.717) is 34.6 Å². The molecule has 158 valence electrons. The Kier molecular flexibility index (Phi) is 6.23. The fourth-order valence-electron chi connectivity index (χ4n) is 3.46. The normalized spacial score (nSPS) is 11.0. The molecule has 0 unspecified atom stereocenters. The first-order valence-electron chi connectivity index (χ1n) is 9.95. The lowest BCUT2D eigenvalue weighted by Crippen LogP contribution is -2.25. The van der Waals surface area contributed by atoms with Crippen molar-refractivity contribution in [3.8, 4) is 10.4 Å². The van der Waals surface area contributed by atoms with E-state index in [9.17, 15) is 14.0 Å². The summed E-state index contributed by atoms with van der Waals surface area (Å²) >= 11 is 1.44. The molecule has 0 fully saturated rings. The van der Waals surface area contributed by atoms with Gasteiger partial charge in [-0.25, -0.2) is 9.37 Å². The van der Waals surface area contributed by atoms with Gasteiger partial charge in [0.05, 0.1) is 12.5 Å². The lowest BCUT2D eigenvalue weighted by molar-refractivity contribution is -0.140. The van der Waals surface area contributed by atoms with Crippen LogP contribution >= 0.6 is 11.3 Å². The maximum Gasteiger partial charge on any atom is 0.305 e. The smallest absolute Gasteiger partial charge is 0.305 e. The number of carbonyl (C=O) groups excluding carboxylic acids is 1. The number of methoxy groups -OCH3 is 1. The third-order valence-corrected chi connectivity index (χ3v) is 6.16. The van der Waals surface area contributed by atoms with Gasteiger partial charge in [0.2, 0.25) is 0 Å². The molecule has 0 radical (unpaired) electrons. The van der Waals surface area contributed by atoms with Gasteiger partial charge in [-0.2, -0.15) is 0 Å². The Balaban J connectivity index is 1.78. The summed E-state index contributed by atoms with van der Waals surface area (Å²) in [4.78, 5) is 31.1. The summed E-state index contributed by atoms with van der Waals surface area (Å²) in [6.45, 7) is 0.303. The van der Waals surface area contributed by atoms with Gasteiger partial charge in [-0.1, -0.05) is 48.5 Å². The molecule has 0 aliphatic carbocycles. The number of thiophene rings is 1. The lowest BCUT2D eigenvalue weighted by Gasteiger charge is -2.12. The molecule has 0 bridgehead atoms. The van der Waals surface area contributed by atoms with E-state index in [1.54, 1.807) is 22.8 Å². The number of fused-ring (bicyclic) bond motifs is 1. The summed E-state index contributed by atoms with van der Waals surface area (Å²) in [5.41, 5.74) is 1.30. The summed E-state index contributed by atoms with van der Waals surface area (Å²) in [7, 11) is 1.34. The van der Waals surface area contributed by atoms with E-state index in [4.69, 9.17) is 9.72 Å². The Morgan fingerprint density at radius 2 is 1.87 bits per heavy atom. The highest BCUT2D eigenvalue weighted by Gasteiger charge is 2.17. The second-order valence-electron chi connectivity index (χ2n) is 7.13. The van der Waals surface area contributed by atoms with Crippen molar-refractivity contribution >= 4 is 27.5 Å².